The number of nitrogens with one attached hydrogen (secondary N) is 1. The van der Waals surface area contributed by atoms with Crippen LogP contribution in [0.15, 0.2) is 18.2 Å². The SMILES string of the molecule is Cc1ccc(CNC(=O)C2(N)CCCC2)c(C)c1.Cl. The zero-order chi connectivity index (χ0) is 13.2. The summed E-state index contributed by atoms with van der Waals surface area (Å²) < 4.78 is 0. The summed E-state index contributed by atoms with van der Waals surface area (Å²) in [6.07, 6.45) is 3.75. The van der Waals surface area contributed by atoms with Crippen LogP contribution in [0.1, 0.15) is 42.4 Å². The first-order chi connectivity index (χ1) is 8.51. The van der Waals surface area contributed by atoms with Crippen molar-refractivity contribution >= 4 is 18.3 Å². The largest absolute Gasteiger partial charge is 0.350 e. The zero-order valence-corrected chi connectivity index (χ0v) is 12.5. The molecule has 0 unspecified atom stereocenters. The van der Waals surface area contributed by atoms with Gasteiger partial charge in [0.25, 0.3) is 0 Å². The number of amides is 1. The third-order valence-electron chi connectivity index (χ3n) is 3.89. The molecule has 2 rings (SSSR count). The smallest absolute Gasteiger partial charge is 0.240 e. The van der Waals surface area contributed by atoms with Crippen LogP contribution in [-0.2, 0) is 11.3 Å². The summed E-state index contributed by atoms with van der Waals surface area (Å²) in [7, 11) is 0. The Balaban J connectivity index is 0.00000180. The number of hydrogen-bond acceptors (Lipinski definition) is 2. The van der Waals surface area contributed by atoms with Crippen molar-refractivity contribution in [3.05, 3.63) is 34.9 Å². The van der Waals surface area contributed by atoms with Crippen LogP contribution in [-0.4, -0.2) is 11.4 Å². The Labute approximate surface area is 121 Å². The molecule has 106 valence electrons. The Morgan fingerprint density at radius 3 is 2.53 bits per heavy atom. The minimum atomic E-state index is -0.626. The fourth-order valence-corrected chi connectivity index (χ4v) is 2.63. The summed E-state index contributed by atoms with van der Waals surface area (Å²) in [4.78, 5) is 12.1. The average Bonchev–Trinajstić information content (AvgIpc) is 2.76. The van der Waals surface area contributed by atoms with E-state index in [0.717, 1.165) is 31.2 Å². The summed E-state index contributed by atoms with van der Waals surface area (Å²) in [6.45, 7) is 4.72. The quantitative estimate of drug-likeness (QED) is 0.895. The summed E-state index contributed by atoms with van der Waals surface area (Å²) in [5, 5.41) is 2.98. The highest BCUT2D eigenvalue weighted by molar-refractivity contribution is 5.86. The fourth-order valence-electron chi connectivity index (χ4n) is 2.63. The normalized spacial score (nSPS) is 16.8. The average molecular weight is 283 g/mol. The molecule has 1 aliphatic carbocycles. The molecule has 0 atom stereocenters. The van der Waals surface area contributed by atoms with E-state index in [0.29, 0.717) is 6.54 Å². The van der Waals surface area contributed by atoms with Gasteiger partial charge in [-0.25, -0.2) is 0 Å². The molecule has 0 aliphatic heterocycles. The maximum atomic E-state index is 12.1. The molecule has 1 aliphatic rings. The van der Waals surface area contributed by atoms with Crippen molar-refractivity contribution in [1.29, 1.82) is 0 Å². The second-order valence-corrected chi connectivity index (χ2v) is 5.48. The Hall–Kier alpha value is -1.06. The number of halogens is 1. The van der Waals surface area contributed by atoms with Gasteiger partial charge in [0, 0.05) is 6.54 Å². The van der Waals surface area contributed by atoms with Gasteiger partial charge in [-0.15, -0.1) is 12.4 Å². The van der Waals surface area contributed by atoms with Crippen molar-refractivity contribution in [1.82, 2.24) is 5.32 Å². The molecule has 1 aromatic carbocycles. The highest BCUT2D eigenvalue weighted by atomic mass is 35.5. The van der Waals surface area contributed by atoms with Gasteiger partial charge in [-0.3, -0.25) is 4.79 Å². The third kappa shape index (κ3) is 3.71. The maximum absolute atomic E-state index is 12.1. The van der Waals surface area contributed by atoms with Gasteiger partial charge in [0.15, 0.2) is 0 Å². The predicted octanol–water partition coefficient (Wildman–Crippen LogP) is 2.61. The summed E-state index contributed by atoms with van der Waals surface area (Å²) in [6, 6.07) is 6.28. The number of benzene rings is 1. The van der Waals surface area contributed by atoms with Gasteiger partial charge in [0.1, 0.15) is 0 Å². The Morgan fingerprint density at radius 2 is 1.95 bits per heavy atom. The van der Waals surface area contributed by atoms with Gasteiger partial charge in [-0.05, 0) is 37.8 Å². The molecule has 0 aromatic heterocycles. The Kier molecular flexibility index (Phi) is 5.39. The van der Waals surface area contributed by atoms with Gasteiger partial charge >= 0.3 is 0 Å². The molecule has 1 amide bonds. The van der Waals surface area contributed by atoms with Crippen LogP contribution in [0.5, 0.6) is 0 Å². The Morgan fingerprint density at radius 1 is 1.32 bits per heavy atom. The van der Waals surface area contributed by atoms with Crippen molar-refractivity contribution in [2.24, 2.45) is 5.73 Å². The second-order valence-electron chi connectivity index (χ2n) is 5.48. The topological polar surface area (TPSA) is 55.1 Å². The van der Waals surface area contributed by atoms with E-state index < -0.39 is 5.54 Å². The van der Waals surface area contributed by atoms with E-state index in [-0.39, 0.29) is 18.3 Å². The van der Waals surface area contributed by atoms with Crippen molar-refractivity contribution in [3.63, 3.8) is 0 Å². The van der Waals surface area contributed by atoms with E-state index in [2.05, 4.69) is 37.4 Å². The van der Waals surface area contributed by atoms with Crippen molar-refractivity contribution < 1.29 is 4.79 Å². The highest BCUT2D eigenvalue weighted by Gasteiger charge is 2.36. The van der Waals surface area contributed by atoms with Crippen LogP contribution >= 0.6 is 12.4 Å². The van der Waals surface area contributed by atoms with Gasteiger partial charge in [-0.2, -0.15) is 0 Å². The lowest BCUT2D eigenvalue weighted by Gasteiger charge is -2.22. The highest BCUT2D eigenvalue weighted by Crippen LogP contribution is 2.27. The minimum Gasteiger partial charge on any atom is -0.350 e. The van der Waals surface area contributed by atoms with Crippen LogP contribution in [0.25, 0.3) is 0 Å². The van der Waals surface area contributed by atoms with Crippen LogP contribution in [0.3, 0.4) is 0 Å². The van der Waals surface area contributed by atoms with E-state index in [9.17, 15) is 4.79 Å². The summed E-state index contributed by atoms with van der Waals surface area (Å²) in [5.74, 6) is -0.0000231. The number of nitrogens with two attached hydrogens (primary N) is 1. The van der Waals surface area contributed by atoms with Gasteiger partial charge in [-0.1, -0.05) is 36.6 Å². The maximum Gasteiger partial charge on any atom is 0.240 e. The molecule has 3 nitrogen and oxygen atoms in total. The summed E-state index contributed by atoms with van der Waals surface area (Å²) in [5.41, 5.74) is 9.11. The van der Waals surface area contributed by atoms with Crippen molar-refractivity contribution in [2.45, 2.75) is 51.6 Å². The van der Waals surface area contributed by atoms with Crippen LogP contribution < -0.4 is 11.1 Å². The van der Waals surface area contributed by atoms with Gasteiger partial charge < -0.3 is 11.1 Å². The first kappa shape index (κ1) is 16.0. The molecule has 1 aromatic rings. The number of carbonyl (C=O) groups excluding carboxylic acids is 1. The molecular weight excluding hydrogens is 260 g/mol. The number of aryl methyl sites for hydroxylation is 2. The van der Waals surface area contributed by atoms with E-state index in [1.165, 1.54) is 11.1 Å². The Bertz CT molecular complexity index is 453. The third-order valence-corrected chi connectivity index (χ3v) is 3.89. The van der Waals surface area contributed by atoms with Crippen molar-refractivity contribution in [2.75, 3.05) is 0 Å². The molecule has 0 saturated heterocycles. The first-order valence-electron chi connectivity index (χ1n) is 6.65. The van der Waals surface area contributed by atoms with E-state index in [1.807, 2.05) is 0 Å². The van der Waals surface area contributed by atoms with Crippen LogP contribution in [0.2, 0.25) is 0 Å². The van der Waals surface area contributed by atoms with E-state index in [4.69, 9.17) is 5.73 Å². The number of rotatable bonds is 3. The molecule has 0 radical (unpaired) electrons. The number of carbonyl (C=O) groups is 1. The van der Waals surface area contributed by atoms with Gasteiger partial charge in [0.05, 0.1) is 5.54 Å². The second kappa shape index (κ2) is 6.40. The van der Waals surface area contributed by atoms with Crippen molar-refractivity contribution in [3.8, 4) is 0 Å². The fraction of sp³-hybridized carbons (Fsp3) is 0.533. The molecule has 0 heterocycles. The minimum absolute atomic E-state index is 0. The molecule has 19 heavy (non-hydrogen) atoms. The van der Waals surface area contributed by atoms with E-state index in [1.54, 1.807) is 0 Å². The van der Waals surface area contributed by atoms with Gasteiger partial charge in [0.2, 0.25) is 5.91 Å². The summed E-state index contributed by atoms with van der Waals surface area (Å²) >= 11 is 0. The lowest BCUT2D eigenvalue weighted by molar-refractivity contribution is -0.126. The molecule has 4 heteroatoms. The molecule has 1 saturated carbocycles. The van der Waals surface area contributed by atoms with Crippen LogP contribution in [0.4, 0.5) is 0 Å². The monoisotopic (exact) mass is 282 g/mol. The zero-order valence-electron chi connectivity index (χ0n) is 11.7. The molecule has 1 fully saturated rings. The molecule has 3 N–H and O–H groups in total. The molecular formula is C15H23ClN2O. The van der Waals surface area contributed by atoms with Crippen LogP contribution in [0, 0.1) is 13.8 Å². The lowest BCUT2D eigenvalue weighted by Crippen LogP contribution is -2.51. The predicted molar refractivity (Wildman–Crippen MR) is 80.4 cm³/mol. The standard InChI is InChI=1S/C15H22N2O.ClH/c1-11-5-6-13(12(2)9-11)10-17-14(18)15(16)7-3-4-8-15;/h5-6,9H,3-4,7-8,10,16H2,1-2H3,(H,17,18);1H. The number of hydrogen-bond donors (Lipinski definition) is 2. The molecule has 0 bridgehead atoms. The van der Waals surface area contributed by atoms with E-state index >= 15 is 0 Å². The lowest BCUT2D eigenvalue weighted by atomic mass is 9.98. The molecule has 0 spiro atoms. The first-order valence-corrected chi connectivity index (χ1v) is 6.65.